The van der Waals surface area contributed by atoms with Gasteiger partial charge in [0.15, 0.2) is 0 Å². The fourth-order valence-electron chi connectivity index (χ4n) is 1.78. The summed E-state index contributed by atoms with van der Waals surface area (Å²) in [5.41, 5.74) is 0. The van der Waals surface area contributed by atoms with Crippen molar-refractivity contribution in [1.82, 2.24) is 4.90 Å². The molecule has 0 heterocycles. The standard InChI is InChI=1S/C13H27NO2/c1-7-8-9-12(13(15)16-6)14(5)11(4)10(2)3/h10-12H,7-9H2,1-6H3. The lowest BCUT2D eigenvalue weighted by atomic mass is 10.0. The molecule has 0 rings (SSSR count). The lowest BCUT2D eigenvalue weighted by molar-refractivity contribution is -0.147. The van der Waals surface area contributed by atoms with Crippen LogP contribution in [0.5, 0.6) is 0 Å². The quantitative estimate of drug-likeness (QED) is 0.629. The van der Waals surface area contributed by atoms with Gasteiger partial charge in [-0.15, -0.1) is 0 Å². The number of hydrogen-bond donors (Lipinski definition) is 0. The summed E-state index contributed by atoms with van der Waals surface area (Å²) in [6.07, 6.45) is 3.06. The first-order chi connectivity index (χ1) is 7.45. The molecule has 96 valence electrons. The van der Waals surface area contributed by atoms with Gasteiger partial charge in [-0.3, -0.25) is 9.69 Å². The maximum Gasteiger partial charge on any atom is 0.323 e. The molecular weight excluding hydrogens is 202 g/mol. The molecule has 0 saturated heterocycles. The zero-order valence-electron chi connectivity index (χ0n) is 11.6. The molecule has 0 bridgehead atoms. The highest BCUT2D eigenvalue weighted by Crippen LogP contribution is 2.16. The number of methoxy groups -OCH3 is 1. The Morgan fingerprint density at radius 2 is 1.88 bits per heavy atom. The predicted octanol–water partition coefficient (Wildman–Crippen LogP) is 2.69. The van der Waals surface area contributed by atoms with Gasteiger partial charge in [0.1, 0.15) is 6.04 Å². The Morgan fingerprint density at radius 3 is 2.25 bits per heavy atom. The first-order valence-corrected chi connectivity index (χ1v) is 6.25. The second-order valence-electron chi connectivity index (χ2n) is 4.83. The van der Waals surface area contributed by atoms with Crippen molar-refractivity contribution >= 4 is 5.97 Å². The zero-order valence-corrected chi connectivity index (χ0v) is 11.6. The van der Waals surface area contributed by atoms with Crippen LogP contribution in [0.3, 0.4) is 0 Å². The van der Waals surface area contributed by atoms with Gasteiger partial charge in [0, 0.05) is 6.04 Å². The normalized spacial score (nSPS) is 15.2. The van der Waals surface area contributed by atoms with Gasteiger partial charge in [-0.25, -0.2) is 0 Å². The molecule has 2 unspecified atom stereocenters. The second-order valence-corrected chi connectivity index (χ2v) is 4.83. The molecule has 0 aromatic rings. The van der Waals surface area contributed by atoms with Gasteiger partial charge in [-0.05, 0) is 26.3 Å². The van der Waals surface area contributed by atoms with E-state index in [0.717, 1.165) is 19.3 Å². The summed E-state index contributed by atoms with van der Waals surface area (Å²) in [4.78, 5) is 13.9. The highest BCUT2D eigenvalue weighted by Gasteiger charge is 2.27. The van der Waals surface area contributed by atoms with E-state index >= 15 is 0 Å². The maximum absolute atomic E-state index is 11.7. The van der Waals surface area contributed by atoms with E-state index in [2.05, 4.69) is 32.6 Å². The lowest BCUT2D eigenvalue weighted by Crippen LogP contribution is -2.46. The third kappa shape index (κ3) is 4.52. The Balaban J connectivity index is 4.54. The monoisotopic (exact) mass is 229 g/mol. The fourth-order valence-corrected chi connectivity index (χ4v) is 1.78. The van der Waals surface area contributed by atoms with Crippen LogP contribution in [0.25, 0.3) is 0 Å². The van der Waals surface area contributed by atoms with E-state index in [1.54, 1.807) is 0 Å². The van der Waals surface area contributed by atoms with Gasteiger partial charge in [0.05, 0.1) is 7.11 Å². The molecule has 0 aliphatic heterocycles. The van der Waals surface area contributed by atoms with Gasteiger partial charge in [-0.1, -0.05) is 33.6 Å². The molecule has 0 radical (unpaired) electrons. The molecule has 0 aromatic heterocycles. The summed E-state index contributed by atoms with van der Waals surface area (Å²) in [5.74, 6) is 0.433. The molecule has 0 amide bonds. The Kier molecular flexibility index (Phi) is 7.39. The molecular formula is C13H27NO2. The van der Waals surface area contributed by atoms with Crippen LogP contribution in [-0.4, -0.2) is 37.1 Å². The van der Waals surface area contributed by atoms with Gasteiger partial charge < -0.3 is 4.74 Å². The molecule has 3 nitrogen and oxygen atoms in total. The average Bonchev–Trinajstić information content (AvgIpc) is 2.27. The van der Waals surface area contributed by atoms with Crippen molar-refractivity contribution in [3.8, 4) is 0 Å². The molecule has 2 atom stereocenters. The minimum absolute atomic E-state index is 0.0950. The minimum atomic E-state index is -0.108. The van der Waals surface area contributed by atoms with Crippen LogP contribution in [0.2, 0.25) is 0 Å². The van der Waals surface area contributed by atoms with Gasteiger partial charge in [0.25, 0.3) is 0 Å². The number of carbonyl (C=O) groups excluding carboxylic acids is 1. The van der Waals surface area contributed by atoms with Gasteiger partial charge in [-0.2, -0.15) is 0 Å². The van der Waals surface area contributed by atoms with Crippen molar-refractivity contribution in [1.29, 1.82) is 0 Å². The largest absolute Gasteiger partial charge is 0.468 e. The van der Waals surface area contributed by atoms with Crippen molar-refractivity contribution in [3.05, 3.63) is 0 Å². The fraction of sp³-hybridized carbons (Fsp3) is 0.923. The molecule has 0 aromatic carbocycles. The van der Waals surface area contributed by atoms with Crippen LogP contribution in [0.1, 0.15) is 47.0 Å². The third-order valence-corrected chi connectivity index (χ3v) is 3.40. The summed E-state index contributed by atoms with van der Waals surface area (Å²) in [5, 5.41) is 0. The Hall–Kier alpha value is -0.570. The summed E-state index contributed by atoms with van der Waals surface area (Å²) < 4.78 is 4.88. The van der Waals surface area contributed by atoms with Crippen LogP contribution in [0.15, 0.2) is 0 Å². The number of nitrogens with zero attached hydrogens (tertiary/aromatic N) is 1. The van der Waals surface area contributed by atoms with E-state index in [0.29, 0.717) is 12.0 Å². The topological polar surface area (TPSA) is 29.5 Å². The van der Waals surface area contributed by atoms with Crippen LogP contribution in [0, 0.1) is 5.92 Å². The van der Waals surface area contributed by atoms with Gasteiger partial charge in [0.2, 0.25) is 0 Å². The Bertz CT molecular complexity index is 204. The number of esters is 1. The average molecular weight is 229 g/mol. The molecule has 16 heavy (non-hydrogen) atoms. The van der Waals surface area contributed by atoms with E-state index in [9.17, 15) is 4.79 Å². The van der Waals surface area contributed by atoms with Crippen molar-refractivity contribution in [2.75, 3.05) is 14.2 Å². The van der Waals surface area contributed by atoms with Crippen LogP contribution >= 0.6 is 0 Å². The first kappa shape index (κ1) is 15.4. The van der Waals surface area contributed by atoms with Crippen molar-refractivity contribution in [2.45, 2.75) is 59.0 Å². The number of unbranched alkanes of at least 4 members (excludes halogenated alkanes) is 1. The SMILES string of the molecule is CCCCC(C(=O)OC)N(C)C(C)C(C)C. The lowest BCUT2D eigenvalue weighted by Gasteiger charge is -2.33. The van der Waals surface area contributed by atoms with E-state index in [4.69, 9.17) is 4.74 Å². The van der Waals surface area contributed by atoms with E-state index in [-0.39, 0.29) is 12.0 Å². The zero-order chi connectivity index (χ0) is 12.7. The molecule has 3 heteroatoms. The van der Waals surface area contributed by atoms with Crippen LogP contribution in [0.4, 0.5) is 0 Å². The molecule has 0 aliphatic rings. The molecule has 0 aliphatic carbocycles. The number of hydrogen-bond acceptors (Lipinski definition) is 3. The number of carbonyl (C=O) groups is 1. The summed E-state index contributed by atoms with van der Waals surface area (Å²) >= 11 is 0. The Morgan fingerprint density at radius 1 is 1.31 bits per heavy atom. The van der Waals surface area contributed by atoms with E-state index in [1.807, 2.05) is 7.05 Å². The highest BCUT2D eigenvalue weighted by atomic mass is 16.5. The smallest absolute Gasteiger partial charge is 0.323 e. The number of ether oxygens (including phenoxy) is 1. The second kappa shape index (κ2) is 7.66. The van der Waals surface area contributed by atoms with Crippen LogP contribution < -0.4 is 0 Å². The summed E-state index contributed by atoms with van der Waals surface area (Å²) in [6.45, 7) is 8.65. The van der Waals surface area contributed by atoms with Crippen molar-refractivity contribution in [3.63, 3.8) is 0 Å². The Labute approximate surface area is 100 Å². The highest BCUT2D eigenvalue weighted by molar-refractivity contribution is 5.75. The van der Waals surface area contributed by atoms with E-state index in [1.165, 1.54) is 7.11 Å². The van der Waals surface area contributed by atoms with Crippen LogP contribution in [-0.2, 0) is 9.53 Å². The molecule has 0 saturated carbocycles. The van der Waals surface area contributed by atoms with E-state index < -0.39 is 0 Å². The molecule has 0 spiro atoms. The van der Waals surface area contributed by atoms with Crippen molar-refractivity contribution < 1.29 is 9.53 Å². The number of rotatable bonds is 7. The molecule has 0 N–H and O–H groups in total. The number of likely N-dealkylation sites (N-methyl/N-ethyl adjacent to an activating group) is 1. The van der Waals surface area contributed by atoms with Crippen molar-refractivity contribution in [2.24, 2.45) is 5.92 Å². The summed E-state index contributed by atoms with van der Waals surface area (Å²) in [6, 6.07) is 0.295. The first-order valence-electron chi connectivity index (χ1n) is 6.25. The molecule has 0 fully saturated rings. The minimum Gasteiger partial charge on any atom is -0.468 e. The third-order valence-electron chi connectivity index (χ3n) is 3.40. The maximum atomic E-state index is 11.7. The predicted molar refractivity (Wildman–Crippen MR) is 67.4 cm³/mol. The summed E-state index contributed by atoms with van der Waals surface area (Å²) in [7, 11) is 3.48. The van der Waals surface area contributed by atoms with Gasteiger partial charge >= 0.3 is 5.97 Å².